The van der Waals surface area contributed by atoms with E-state index in [-0.39, 0.29) is 0 Å². The summed E-state index contributed by atoms with van der Waals surface area (Å²) in [7, 11) is 0. The van der Waals surface area contributed by atoms with Crippen molar-refractivity contribution in [1.82, 2.24) is 9.88 Å². The highest BCUT2D eigenvalue weighted by atomic mass is 16.3. The fourth-order valence-electron chi connectivity index (χ4n) is 2.33. The molecule has 98 valence electrons. The van der Waals surface area contributed by atoms with Crippen LogP contribution in [-0.4, -0.2) is 11.1 Å². The minimum Gasteiger partial charge on any atom is -0.468 e. The lowest BCUT2D eigenvalue weighted by atomic mass is 10.2. The van der Waals surface area contributed by atoms with Crippen LogP contribution in [-0.2, 0) is 13.1 Å². The molecule has 0 bridgehead atoms. The van der Waals surface area contributed by atoms with Crippen LogP contribution in [0.5, 0.6) is 0 Å². The van der Waals surface area contributed by atoms with E-state index in [1.165, 1.54) is 10.9 Å². The van der Waals surface area contributed by atoms with Gasteiger partial charge in [0.1, 0.15) is 5.76 Å². The molecule has 3 aromatic rings. The first kappa shape index (κ1) is 12.1. The first-order chi connectivity index (χ1) is 9.43. The number of hydrogen-bond acceptors (Lipinski definition) is 2. The number of rotatable bonds is 6. The topological polar surface area (TPSA) is 30.1 Å². The summed E-state index contributed by atoms with van der Waals surface area (Å²) in [6.45, 7) is 2.84. The Morgan fingerprint density at radius 3 is 2.89 bits per heavy atom. The first-order valence-corrected chi connectivity index (χ1v) is 6.70. The van der Waals surface area contributed by atoms with E-state index < -0.39 is 0 Å². The fourth-order valence-corrected chi connectivity index (χ4v) is 2.33. The van der Waals surface area contributed by atoms with Gasteiger partial charge in [-0.05, 0) is 42.6 Å². The van der Waals surface area contributed by atoms with Crippen LogP contribution in [0.1, 0.15) is 12.2 Å². The van der Waals surface area contributed by atoms with Gasteiger partial charge >= 0.3 is 0 Å². The zero-order chi connectivity index (χ0) is 12.9. The predicted octanol–water partition coefficient (Wildman–Crippen LogP) is 3.41. The first-order valence-electron chi connectivity index (χ1n) is 6.70. The SMILES string of the molecule is c1coc(CNCCCn2ccc3ccccc32)c1. The number of aromatic nitrogens is 1. The van der Waals surface area contributed by atoms with Crippen molar-refractivity contribution in [2.24, 2.45) is 0 Å². The molecule has 1 aromatic carbocycles. The van der Waals surface area contributed by atoms with Crippen LogP contribution in [0.4, 0.5) is 0 Å². The summed E-state index contributed by atoms with van der Waals surface area (Å²) >= 11 is 0. The van der Waals surface area contributed by atoms with Gasteiger partial charge in [0.25, 0.3) is 0 Å². The number of para-hydroxylation sites is 1. The van der Waals surface area contributed by atoms with Crippen LogP contribution in [0.2, 0.25) is 0 Å². The van der Waals surface area contributed by atoms with E-state index in [1.54, 1.807) is 6.26 Å². The van der Waals surface area contributed by atoms with Crippen molar-refractivity contribution in [3.8, 4) is 0 Å². The molecule has 0 atom stereocenters. The minimum absolute atomic E-state index is 0.805. The van der Waals surface area contributed by atoms with Gasteiger partial charge in [0.05, 0.1) is 12.8 Å². The van der Waals surface area contributed by atoms with Crippen molar-refractivity contribution in [2.75, 3.05) is 6.54 Å². The quantitative estimate of drug-likeness (QED) is 0.683. The fraction of sp³-hybridized carbons (Fsp3) is 0.250. The molecule has 0 radical (unpaired) electrons. The lowest BCUT2D eigenvalue weighted by Gasteiger charge is -2.06. The predicted molar refractivity (Wildman–Crippen MR) is 77.0 cm³/mol. The molecular formula is C16H18N2O. The Kier molecular flexibility index (Phi) is 3.65. The molecule has 3 heteroatoms. The van der Waals surface area contributed by atoms with E-state index in [9.17, 15) is 0 Å². The average molecular weight is 254 g/mol. The largest absolute Gasteiger partial charge is 0.468 e. The number of furan rings is 1. The highest BCUT2D eigenvalue weighted by Crippen LogP contribution is 2.15. The molecule has 0 aliphatic rings. The summed E-state index contributed by atoms with van der Waals surface area (Å²) in [6.07, 6.45) is 4.99. The van der Waals surface area contributed by atoms with Gasteiger partial charge in [-0.3, -0.25) is 0 Å². The molecule has 19 heavy (non-hydrogen) atoms. The zero-order valence-electron chi connectivity index (χ0n) is 10.9. The molecule has 0 fully saturated rings. The van der Waals surface area contributed by atoms with Crippen molar-refractivity contribution in [2.45, 2.75) is 19.5 Å². The van der Waals surface area contributed by atoms with E-state index in [4.69, 9.17) is 4.42 Å². The number of nitrogens with one attached hydrogen (secondary N) is 1. The molecule has 0 unspecified atom stereocenters. The zero-order valence-corrected chi connectivity index (χ0v) is 10.9. The van der Waals surface area contributed by atoms with Crippen molar-refractivity contribution in [3.63, 3.8) is 0 Å². The molecule has 3 rings (SSSR count). The van der Waals surface area contributed by atoms with E-state index in [2.05, 4.69) is 46.4 Å². The highest BCUT2D eigenvalue weighted by molar-refractivity contribution is 5.79. The molecule has 0 spiro atoms. The molecular weight excluding hydrogens is 236 g/mol. The maximum absolute atomic E-state index is 5.28. The summed E-state index contributed by atoms with van der Waals surface area (Å²) < 4.78 is 7.59. The number of benzene rings is 1. The maximum atomic E-state index is 5.28. The standard InChI is InChI=1S/C16H18N2O/c1-2-7-16-14(5-1)8-11-18(16)10-4-9-17-13-15-6-3-12-19-15/h1-3,5-8,11-12,17H,4,9-10,13H2. The average Bonchev–Trinajstić information content (AvgIpc) is 3.08. The molecule has 1 N–H and O–H groups in total. The molecule has 0 saturated carbocycles. The van der Waals surface area contributed by atoms with Crippen molar-refractivity contribution >= 4 is 10.9 Å². The second-order valence-electron chi connectivity index (χ2n) is 4.68. The van der Waals surface area contributed by atoms with Gasteiger partial charge < -0.3 is 14.3 Å². The Bertz CT molecular complexity index is 625. The van der Waals surface area contributed by atoms with Crippen LogP contribution in [0, 0.1) is 0 Å². The van der Waals surface area contributed by atoms with E-state index in [0.717, 1.165) is 31.8 Å². The normalized spacial score (nSPS) is 11.2. The monoisotopic (exact) mass is 254 g/mol. The Hall–Kier alpha value is -2.00. The Labute approximate surface area is 112 Å². The maximum Gasteiger partial charge on any atom is 0.117 e. The number of aryl methyl sites for hydroxylation is 1. The second kappa shape index (κ2) is 5.76. The van der Waals surface area contributed by atoms with Gasteiger partial charge in [0.2, 0.25) is 0 Å². The number of fused-ring (bicyclic) bond motifs is 1. The van der Waals surface area contributed by atoms with E-state index in [0.29, 0.717) is 0 Å². The summed E-state index contributed by atoms with van der Waals surface area (Å²) in [5.41, 5.74) is 1.31. The van der Waals surface area contributed by atoms with E-state index in [1.807, 2.05) is 12.1 Å². The van der Waals surface area contributed by atoms with Gasteiger partial charge in [-0.1, -0.05) is 18.2 Å². The Balaban J connectivity index is 1.47. The van der Waals surface area contributed by atoms with Crippen LogP contribution in [0.25, 0.3) is 10.9 Å². The smallest absolute Gasteiger partial charge is 0.117 e. The molecule has 3 nitrogen and oxygen atoms in total. The summed E-state index contributed by atoms with van der Waals surface area (Å²) in [5.74, 6) is 0.992. The number of hydrogen-bond donors (Lipinski definition) is 1. The highest BCUT2D eigenvalue weighted by Gasteiger charge is 1.99. The molecule has 0 amide bonds. The molecule has 0 aliphatic carbocycles. The van der Waals surface area contributed by atoms with Crippen molar-refractivity contribution in [1.29, 1.82) is 0 Å². The third-order valence-electron chi connectivity index (χ3n) is 3.31. The number of nitrogens with zero attached hydrogens (tertiary/aromatic N) is 1. The summed E-state index contributed by atoms with van der Waals surface area (Å²) in [4.78, 5) is 0. The third-order valence-corrected chi connectivity index (χ3v) is 3.31. The summed E-state index contributed by atoms with van der Waals surface area (Å²) in [6, 6.07) is 14.6. The van der Waals surface area contributed by atoms with Crippen LogP contribution < -0.4 is 5.32 Å². The van der Waals surface area contributed by atoms with Gasteiger partial charge in [0.15, 0.2) is 0 Å². The van der Waals surface area contributed by atoms with Gasteiger partial charge in [-0.25, -0.2) is 0 Å². The van der Waals surface area contributed by atoms with Crippen LogP contribution >= 0.6 is 0 Å². The third kappa shape index (κ3) is 2.88. The second-order valence-corrected chi connectivity index (χ2v) is 4.68. The molecule has 2 aromatic heterocycles. The lowest BCUT2D eigenvalue weighted by molar-refractivity contribution is 0.476. The minimum atomic E-state index is 0.805. The van der Waals surface area contributed by atoms with Gasteiger partial charge in [-0.2, -0.15) is 0 Å². The van der Waals surface area contributed by atoms with Crippen LogP contribution in [0.15, 0.2) is 59.3 Å². The molecule has 0 saturated heterocycles. The Morgan fingerprint density at radius 1 is 1.05 bits per heavy atom. The van der Waals surface area contributed by atoms with Crippen molar-refractivity contribution in [3.05, 3.63) is 60.7 Å². The molecule has 0 aliphatic heterocycles. The van der Waals surface area contributed by atoms with Gasteiger partial charge in [0, 0.05) is 18.3 Å². The van der Waals surface area contributed by atoms with E-state index >= 15 is 0 Å². The van der Waals surface area contributed by atoms with Crippen molar-refractivity contribution < 1.29 is 4.42 Å². The molecule has 2 heterocycles. The van der Waals surface area contributed by atoms with Crippen LogP contribution in [0.3, 0.4) is 0 Å². The van der Waals surface area contributed by atoms with Gasteiger partial charge in [-0.15, -0.1) is 0 Å². The lowest BCUT2D eigenvalue weighted by Crippen LogP contribution is -2.15. The summed E-state index contributed by atoms with van der Waals surface area (Å²) in [5, 5.41) is 4.70. The Morgan fingerprint density at radius 2 is 2.00 bits per heavy atom.